The summed E-state index contributed by atoms with van der Waals surface area (Å²) in [5.41, 5.74) is 0. The molecule has 2 unspecified atom stereocenters. The van der Waals surface area contributed by atoms with Crippen LogP contribution in [0.25, 0.3) is 0 Å². The van der Waals surface area contributed by atoms with E-state index >= 15 is 0 Å². The maximum atomic E-state index is 10.9. The minimum absolute atomic E-state index is 0.0129. The number of nitrogens with one attached hydrogen (secondary N) is 1. The van der Waals surface area contributed by atoms with Crippen LogP contribution in [0.4, 0.5) is 0 Å². The van der Waals surface area contributed by atoms with Crippen LogP contribution in [-0.2, 0) is 23.8 Å². The van der Waals surface area contributed by atoms with Crippen molar-refractivity contribution in [3.63, 3.8) is 0 Å². The third kappa shape index (κ3) is 6.32. The Bertz CT molecular complexity index is 306. The maximum Gasteiger partial charge on any atom is 0.264 e. The Morgan fingerprint density at radius 3 is 2.71 bits per heavy atom. The van der Waals surface area contributed by atoms with E-state index in [1.807, 2.05) is 0 Å². The Morgan fingerprint density at radius 2 is 2.06 bits per heavy atom. The second kappa shape index (κ2) is 7.27. The number of rotatable bonds is 8. The molecular weight excluding hydrogens is 246 g/mol. The van der Waals surface area contributed by atoms with E-state index in [2.05, 4.69) is 12.2 Å². The van der Waals surface area contributed by atoms with Crippen LogP contribution in [0.5, 0.6) is 0 Å². The summed E-state index contributed by atoms with van der Waals surface area (Å²) in [5, 5.41) is 3.25. The summed E-state index contributed by atoms with van der Waals surface area (Å²) in [6.45, 7) is 3.91. The second-order valence-corrected chi connectivity index (χ2v) is 5.72. The molecule has 1 fully saturated rings. The first-order valence-electron chi connectivity index (χ1n) is 5.81. The van der Waals surface area contributed by atoms with Gasteiger partial charge in [0.2, 0.25) is 0 Å². The monoisotopic (exact) mass is 267 g/mol. The lowest BCUT2D eigenvalue weighted by Crippen LogP contribution is -2.37. The van der Waals surface area contributed by atoms with Gasteiger partial charge in [0.25, 0.3) is 10.1 Å². The van der Waals surface area contributed by atoms with Gasteiger partial charge in [-0.25, -0.2) is 0 Å². The van der Waals surface area contributed by atoms with Crippen LogP contribution in [0.3, 0.4) is 0 Å². The van der Waals surface area contributed by atoms with Gasteiger partial charge in [-0.15, -0.1) is 0 Å². The van der Waals surface area contributed by atoms with Gasteiger partial charge >= 0.3 is 0 Å². The van der Waals surface area contributed by atoms with Crippen molar-refractivity contribution in [1.29, 1.82) is 0 Å². The lowest BCUT2D eigenvalue weighted by atomic mass is 10.2. The van der Waals surface area contributed by atoms with Crippen LogP contribution in [0, 0.1) is 0 Å². The molecule has 7 heteroatoms. The molecule has 0 saturated carbocycles. The predicted octanol–water partition coefficient (Wildman–Crippen LogP) is 0.0938. The van der Waals surface area contributed by atoms with Crippen LogP contribution in [0.2, 0.25) is 0 Å². The number of ether oxygens (including phenoxy) is 2. The van der Waals surface area contributed by atoms with Gasteiger partial charge in [-0.2, -0.15) is 8.42 Å². The molecular formula is C10H21NO5S. The third-order valence-corrected chi connectivity index (χ3v) is 3.04. The second-order valence-electron chi connectivity index (χ2n) is 4.07. The molecule has 17 heavy (non-hydrogen) atoms. The Kier molecular flexibility index (Phi) is 6.35. The molecule has 1 saturated heterocycles. The molecule has 0 radical (unpaired) electrons. The standard InChI is InChI=1S/C10H21NO5S/c1-3-4-5-11-6-9-10(15-8-14-9)7-16-17(2,12)13/h9-11H,3-8H2,1-2H3. The highest BCUT2D eigenvalue weighted by molar-refractivity contribution is 7.85. The zero-order valence-electron chi connectivity index (χ0n) is 10.3. The summed E-state index contributed by atoms with van der Waals surface area (Å²) in [6.07, 6.45) is 2.80. The number of hydrogen-bond acceptors (Lipinski definition) is 6. The molecule has 0 spiro atoms. The largest absolute Gasteiger partial charge is 0.348 e. The van der Waals surface area contributed by atoms with E-state index in [-0.39, 0.29) is 25.6 Å². The molecule has 0 aromatic rings. The topological polar surface area (TPSA) is 73.9 Å². The molecule has 1 N–H and O–H groups in total. The van der Waals surface area contributed by atoms with E-state index in [1.165, 1.54) is 0 Å². The zero-order chi connectivity index (χ0) is 12.7. The predicted molar refractivity (Wildman–Crippen MR) is 63.2 cm³/mol. The van der Waals surface area contributed by atoms with Crippen LogP contribution in [0.15, 0.2) is 0 Å². The lowest BCUT2D eigenvalue weighted by Gasteiger charge is -2.16. The molecule has 0 aromatic carbocycles. The molecule has 1 heterocycles. The van der Waals surface area contributed by atoms with Crippen molar-refractivity contribution >= 4 is 10.1 Å². The van der Waals surface area contributed by atoms with Crippen molar-refractivity contribution in [2.45, 2.75) is 32.0 Å². The highest BCUT2D eigenvalue weighted by Crippen LogP contribution is 2.13. The van der Waals surface area contributed by atoms with Crippen molar-refractivity contribution in [2.24, 2.45) is 0 Å². The van der Waals surface area contributed by atoms with Crippen LogP contribution < -0.4 is 5.32 Å². The van der Waals surface area contributed by atoms with Crippen molar-refractivity contribution in [3.05, 3.63) is 0 Å². The quantitative estimate of drug-likeness (QED) is 0.496. The summed E-state index contributed by atoms with van der Waals surface area (Å²) in [4.78, 5) is 0. The summed E-state index contributed by atoms with van der Waals surface area (Å²) in [6, 6.07) is 0. The maximum absolute atomic E-state index is 10.9. The van der Waals surface area contributed by atoms with Gasteiger partial charge in [-0.05, 0) is 13.0 Å². The first-order valence-corrected chi connectivity index (χ1v) is 7.63. The van der Waals surface area contributed by atoms with Gasteiger partial charge in [0, 0.05) is 6.54 Å². The van der Waals surface area contributed by atoms with E-state index in [0.717, 1.165) is 25.6 Å². The molecule has 1 rings (SSSR count). The minimum atomic E-state index is -3.42. The molecule has 102 valence electrons. The Labute approximate surface area is 103 Å². The van der Waals surface area contributed by atoms with E-state index < -0.39 is 10.1 Å². The summed E-state index contributed by atoms with van der Waals surface area (Å²) in [5.74, 6) is 0. The van der Waals surface area contributed by atoms with E-state index in [9.17, 15) is 8.42 Å². The fraction of sp³-hybridized carbons (Fsp3) is 1.00. The van der Waals surface area contributed by atoms with Gasteiger partial charge < -0.3 is 14.8 Å². The van der Waals surface area contributed by atoms with Crippen LogP contribution in [-0.4, -0.2) is 53.4 Å². The average molecular weight is 267 g/mol. The highest BCUT2D eigenvalue weighted by Gasteiger charge is 2.30. The molecule has 1 aliphatic rings. The molecule has 0 aromatic heterocycles. The van der Waals surface area contributed by atoms with Crippen molar-refractivity contribution in [3.8, 4) is 0 Å². The lowest BCUT2D eigenvalue weighted by molar-refractivity contribution is 0.0305. The minimum Gasteiger partial charge on any atom is -0.348 e. The van der Waals surface area contributed by atoms with Gasteiger partial charge in [0.1, 0.15) is 19.0 Å². The van der Waals surface area contributed by atoms with E-state index in [0.29, 0.717) is 6.54 Å². The average Bonchev–Trinajstić information content (AvgIpc) is 2.68. The fourth-order valence-corrected chi connectivity index (χ4v) is 1.89. The molecule has 6 nitrogen and oxygen atoms in total. The van der Waals surface area contributed by atoms with Crippen molar-refractivity contribution in [2.75, 3.05) is 32.7 Å². The van der Waals surface area contributed by atoms with E-state index in [4.69, 9.17) is 13.7 Å². The van der Waals surface area contributed by atoms with Gasteiger partial charge in [0.15, 0.2) is 0 Å². The Hall–Kier alpha value is -0.210. The molecule has 2 atom stereocenters. The fourth-order valence-electron chi connectivity index (χ4n) is 1.51. The first kappa shape index (κ1) is 14.8. The number of unbranched alkanes of at least 4 members (excludes halogenated alkanes) is 1. The van der Waals surface area contributed by atoms with E-state index in [1.54, 1.807) is 0 Å². The van der Waals surface area contributed by atoms with Gasteiger partial charge in [-0.3, -0.25) is 4.18 Å². The van der Waals surface area contributed by atoms with Gasteiger partial charge in [-0.1, -0.05) is 13.3 Å². The zero-order valence-corrected chi connectivity index (χ0v) is 11.2. The SMILES string of the molecule is CCCCNCC1OCOC1COS(C)(=O)=O. The molecule has 0 amide bonds. The molecule has 0 bridgehead atoms. The van der Waals surface area contributed by atoms with Crippen molar-refractivity contribution in [1.82, 2.24) is 5.32 Å². The van der Waals surface area contributed by atoms with Crippen LogP contribution >= 0.6 is 0 Å². The summed E-state index contributed by atoms with van der Waals surface area (Å²) in [7, 11) is -3.42. The van der Waals surface area contributed by atoms with Crippen molar-refractivity contribution < 1.29 is 22.1 Å². The van der Waals surface area contributed by atoms with Crippen LogP contribution in [0.1, 0.15) is 19.8 Å². The first-order chi connectivity index (χ1) is 8.03. The summed E-state index contributed by atoms with van der Waals surface area (Å²) >= 11 is 0. The Morgan fingerprint density at radius 1 is 1.35 bits per heavy atom. The normalized spacial score (nSPS) is 25.3. The van der Waals surface area contributed by atoms with Gasteiger partial charge in [0.05, 0.1) is 12.9 Å². The highest BCUT2D eigenvalue weighted by atomic mass is 32.2. The molecule has 0 aliphatic carbocycles. The third-order valence-electron chi connectivity index (χ3n) is 2.48. The Balaban J connectivity index is 2.24. The smallest absolute Gasteiger partial charge is 0.264 e. The number of hydrogen-bond donors (Lipinski definition) is 1. The summed E-state index contributed by atoms with van der Waals surface area (Å²) < 4.78 is 37.0. The molecule has 1 aliphatic heterocycles.